The van der Waals surface area contributed by atoms with Crippen molar-refractivity contribution in [3.8, 4) is 0 Å². The smallest absolute Gasteiger partial charge is 0.0654 e. The highest BCUT2D eigenvalue weighted by Crippen LogP contribution is 2.38. The minimum absolute atomic E-state index is 0.0872. The molecule has 3 rings (SSSR count). The van der Waals surface area contributed by atoms with E-state index in [0.29, 0.717) is 0 Å². The second-order valence-corrected chi connectivity index (χ2v) is 17.9. The van der Waals surface area contributed by atoms with Crippen molar-refractivity contribution < 1.29 is 0 Å². The van der Waals surface area contributed by atoms with Gasteiger partial charge in [-0.05, 0) is 68.4 Å². The summed E-state index contributed by atoms with van der Waals surface area (Å²) in [5.74, 6) is 0. The molecular weight excluding hydrogens is 645 g/mol. The van der Waals surface area contributed by atoms with Crippen LogP contribution in [0.3, 0.4) is 0 Å². The largest absolute Gasteiger partial charge is 0.172 e. The summed E-state index contributed by atoms with van der Waals surface area (Å²) < 4.78 is 0. The highest BCUT2D eigenvalue weighted by atomic mass is 32.2. The maximum absolute atomic E-state index is 2.69. The van der Waals surface area contributed by atoms with Crippen LogP contribution in [0.15, 0.2) is 87.5 Å². The first-order chi connectivity index (χ1) is 25.8. The number of hydrogen-bond donors (Lipinski definition) is 0. The molecule has 0 fully saturated rings. The van der Waals surface area contributed by atoms with E-state index in [1.165, 1.54) is 202 Å². The van der Waals surface area contributed by atoms with Crippen molar-refractivity contribution in [1.82, 2.24) is 0 Å². The summed E-state index contributed by atoms with van der Waals surface area (Å²) in [6.45, 7) is 6.96. The molecule has 0 N–H and O–H groups in total. The second-order valence-electron chi connectivity index (χ2n) is 15.9. The van der Waals surface area contributed by atoms with Gasteiger partial charge in [0.2, 0.25) is 0 Å². The van der Waals surface area contributed by atoms with Gasteiger partial charge in [-0.3, -0.25) is 0 Å². The van der Waals surface area contributed by atoms with Crippen LogP contribution in [0.1, 0.15) is 211 Å². The number of aryl methyl sites for hydroxylation is 3. The SMILES string of the molecule is CCCCCCCCCCCc1cc(CCCCCCCCCCC)c([S+](c2ccccc2)c2ccccc2)c(CCCCCCCCCCC)c1. The van der Waals surface area contributed by atoms with Crippen molar-refractivity contribution in [2.75, 3.05) is 0 Å². The van der Waals surface area contributed by atoms with Crippen molar-refractivity contribution in [2.24, 2.45) is 0 Å². The highest BCUT2D eigenvalue weighted by Gasteiger charge is 2.34. The van der Waals surface area contributed by atoms with E-state index >= 15 is 0 Å². The number of rotatable bonds is 33. The topological polar surface area (TPSA) is 0 Å². The van der Waals surface area contributed by atoms with E-state index < -0.39 is 0 Å². The van der Waals surface area contributed by atoms with Gasteiger partial charge in [-0.2, -0.15) is 0 Å². The first-order valence-electron chi connectivity index (χ1n) is 22.8. The van der Waals surface area contributed by atoms with Gasteiger partial charge in [0, 0.05) is 11.1 Å². The predicted molar refractivity (Wildman–Crippen MR) is 234 cm³/mol. The zero-order valence-corrected chi connectivity index (χ0v) is 35.4. The fraction of sp³-hybridized carbons (Fsp3) is 0.647. The minimum atomic E-state index is -0.0872. The van der Waals surface area contributed by atoms with Gasteiger partial charge in [-0.15, -0.1) is 0 Å². The van der Waals surface area contributed by atoms with Crippen LogP contribution in [-0.2, 0) is 30.2 Å². The van der Waals surface area contributed by atoms with Gasteiger partial charge in [0.1, 0.15) is 0 Å². The maximum Gasteiger partial charge on any atom is 0.172 e. The number of hydrogen-bond acceptors (Lipinski definition) is 0. The van der Waals surface area contributed by atoms with E-state index in [1.54, 1.807) is 21.6 Å². The first kappa shape index (κ1) is 44.4. The van der Waals surface area contributed by atoms with Crippen molar-refractivity contribution in [3.05, 3.63) is 89.5 Å². The average molecular weight is 726 g/mol. The third kappa shape index (κ3) is 18.9. The van der Waals surface area contributed by atoms with Crippen LogP contribution in [-0.4, -0.2) is 0 Å². The fourth-order valence-electron chi connectivity index (χ4n) is 7.98. The van der Waals surface area contributed by atoms with Crippen molar-refractivity contribution in [3.63, 3.8) is 0 Å². The molecule has 3 aromatic rings. The molecule has 0 spiro atoms. The Hall–Kier alpha value is -1.99. The molecule has 0 aliphatic carbocycles. The number of unbranched alkanes of at least 4 members (excludes halogenated alkanes) is 24. The highest BCUT2D eigenvalue weighted by molar-refractivity contribution is 7.97. The van der Waals surface area contributed by atoms with Gasteiger partial charge >= 0.3 is 0 Å². The Bertz CT molecular complexity index is 1150. The summed E-state index contributed by atoms with van der Waals surface area (Å²) in [4.78, 5) is 4.62. The van der Waals surface area contributed by atoms with Crippen LogP contribution in [0.2, 0.25) is 0 Å². The Morgan fingerprint density at radius 1 is 0.327 bits per heavy atom. The molecule has 0 aromatic heterocycles. The maximum atomic E-state index is 2.69. The zero-order valence-electron chi connectivity index (χ0n) is 34.5. The minimum Gasteiger partial charge on any atom is -0.0654 e. The van der Waals surface area contributed by atoms with Gasteiger partial charge in [0.25, 0.3) is 0 Å². The second kappa shape index (κ2) is 30.3. The molecule has 0 saturated carbocycles. The third-order valence-corrected chi connectivity index (χ3v) is 13.6. The quantitative estimate of drug-likeness (QED) is 0.0433. The van der Waals surface area contributed by atoms with Crippen LogP contribution in [0.5, 0.6) is 0 Å². The van der Waals surface area contributed by atoms with Gasteiger partial charge in [0.05, 0.1) is 10.9 Å². The van der Waals surface area contributed by atoms with Crippen molar-refractivity contribution >= 4 is 10.9 Å². The molecular formula is C51H81S+. The van der Waals surface area contributed by atoms with E-state index in [0.717, 1.165) is 0 Å². The van der Waals surface area contributed by atoms with Gasteiger partial charge < -0.3 is 0 Å². The molecule has 0 heterocycles. The average Bonchev–Trinajstić information content (AvgIpc) is 3.17. The van der Waals surface area contributed by atoms with E-state index in [4.69, 9.17) is 0 Å². The van der Waals surface area contributed by atoms with Gasteiger partial charge in [0.15, 0.2) is 14.7 Å². The summed E-state index contributed by atoms with van der Waals surface area (Å²) in [6, 6.07) is 28.4. The van der Waals surface area contributed by atoms with Gasteiger partial charge in [-0.1, -0.05) is 223 Å². The van der Waals surface area contributed by atoms with Crippen LogP contribution >= 0.6 is 0 Å². The normalized spacial score (nSPS) is 11.5. The van der Waals surface area contributed by atoms with E-state index in [9.17, 15) is 0 Å². The van der Waals surface area contributed by atoms with E-state index in [-0.39, 0.29) is 10.9 Å². The molecule has 0 aliphatic heterocycles. The molecule has 0 unspecified atom stereocenters. The molecule has 0 bridgehead atoms. The fourth-order valence-corrected chi connectivity index (χ4v) is 10.4. The van der Waals surface area contributed by atoms with E-state index in [1.807, 2.05) is 0 Å². The van der Waals surface area contributed by atoms with Crippen molar-refractivity contribution in [2.45, 2.75) is 228 Å². The Morgan fingerprint density at radius 2 is 0.615 bits per heavy atom. The Kier molecular flexibility index (Phi) is 25.9. The third-order valence-electron chi connectivity index (χ3n) is 11.1. The van der Waals surface area contributed by atoms with Crippen LogP contribution in [0.25, 0.3) is 0 Å². The molecule has 0 aliphatic rings. The number of benzene rings is 3. The Balaban J connectivity index is 1.82. The van der Waals surface area contributed by atoms with Crippen LogP contribution in [0.4, 0.5) is 0 Å². The molecule has 52 heavy (non-hydrogen) atoms. The molecule has 0 saturated heterocycles. The lowest BCUT2D eigenvalue weighted by atomic mass is 9.94. The van der Waals surface area contributed by atoms with Gasteiger partial charge in [-0.25, -0.2) is 0 Å². The Morgan fingerprint density at radius 3 is 0.942 bits per heavy atom. The van der Waals surface area contributed by atoms with Crippen molar-refractivity contribution in [1.29, 1.82) is 0 Å². The van der Waals surface area contributed by atoms with Crippen LogP contribution < -0.4 is 0 Å². The molecule has 1 heteroatoms. The molecule has 0 nitrogen and oxygen atoms in total. The summed E-state index contributed by atoms with van der Waals surface area (Å²) in [6.07, 6.45) is 41.4. The monoisotopic (exact) mass is 726 g/mol. The lowest BCUT2D eigenvalue weighted by Gasteiger charge is -2.18. The predicted octanol–water partition coefficient (Wildman–Crippen LogP) is 17.0. The Labute approximate surface area is 327 Å². The lowest BCUT2D eigenvalue weighted by Crippen LogP contribution is -2.13. The summed E-state index contributed by atoms with van der Waals surface area (Å²) in [5.41, 5.74) is 4.95. The molecule has 290 valence electrons. The lowest BCUT2D eigenvalue weighted by molar-refractivity contribution is 0.561. The molecule has 0 amide bonds. The summed E-state index contributed by atoms with van der Waals surface area (Å²) >= 11 is 0. The first-order valence-corrected chi connectivity index (χ1v) is 24.0. The molecule has 0 atom stereocenters. The summed E-state index contributed by atoms with van der Waals surface area (Å²) in [5, 5.41) is 0. The standard InChI is InChI=1S/C51H81S/c1-4-7-10-13-16-19-22-25-30-37-46-44-47(38-31-26-23-20-17-14-11-8-5-2)51(48(45-46)39-32-27-24-21-18-15-12-9-6-3)52(49-40-33-28-34-41-49)50-42-35-29-36-43-50/h28-29,33-36,40-45H,4-27,30-32,37-39H2,1-3H3/q+1. The van der Waals surface area contributed by atoms with E-state index in [2.05, 4.69) is 93.6 Å². The molecule has 0 radical (unpaired) electrons. The summed E-state index contributed by atoms with van der Waals surface area (Å²) in [7, 11) is -0.0872. The molecule has 3 aromatic carbocycles. The van der Waals surface area contributed by atoms with Crippen LogP contribution in [0, 0.1) is 0 Å². The zero-order chi connectivity index (χ0) is 36.7.